The van der Waals surface area contributed by atoms with E-state index in [9.17, 15) is 0 Å². The molecular formula is C11H12OS2. The molecule has 0 atom stereocenters. The number of fused-ring (bicyclic) bond motifs is 1. The Hall–Kier alpha value is -0.670. The molecule has 0 aliphatic heterocycles. The van der Waals surface area contributed by atoms with E-state index in [-0.39, 0.29) is 0 Å². The second kappa shape index (κ2) is 3.83. The van der Waals surface area contributed by atoms with E-state index in [0.29, 0.717) is 0 Å². The minimum atomic E-state index is 1.02. The number of hydrogen-bond donors (Lipinski definition) is 0. The Bertz CT molecular complexity index is 460. The van der Waals surface area contributed by atoms with Crippen molar-refractivity contribution in [1.29, 1.82) is 0 Å². The first-order chi connectivity index (χ1) is 6.77. The fourth-order valence-electron chi connectivity index (χ4n) is 1.54. The quantitative estimate of drug-likeness (QED) is 0.715. The third kappa shape index (κ3) is 1.41. The predicted molar refractivity (Wildman–Crippen MR) is 64.9 cm³/mol. The van der Waals surface area contributed by atoms with Crippen molar-refractivity contribution in [3.05, 3.63) is 23.1 Å². The lowest BCUT2D eigenvalue weighted by atomic mass is 10.2. The fraction of sp³-hybridized carbons (Fsp3) is 0.273. The highest BCUT2D eigenvalue weighted by Gasteiger charge is 2.10. The van der Waals surface area contributed by atoms with Gasteiger partial charge in [0.25, 0.3) is 0 Å². The molecule has 0 fully saturated rings. The Balaban J connectivity index is 2.77. The molecule has 1 heterocycles. The molecule has 1 aromatic heterocycles. The van der Waals surface area contributed by atoms with Crippen LogP contribution in [-0.2, 0) is 0 Å². The zero-order chi connectivity index (χ0) is 10.1. The van der Waals surface area contributed by atoms with Gasteiger partial charge in [0, 0.05) is 0 Å². The predicted octanol–water partition coefficient (Wildman–Crippen LogP) is 3.94. The second-order valence-electron chi connectivity index (χ2n) is 3.10. The molecule has 0 saturated heterocycles. The van der Waals surface area contributed by atoms with Crippen molar-refractivity contribution in [2.45, 2.75) is 11.8 Å². The number of methoxy groups -OCH3 is 1. The second-order valence-corrected chi connectivity index (χ2v) is 4.82. The van der Waals surface area contributed by atoms with Gasteiger partial charge in [-0.3, -0.25) is 0 Å². The minimum Gasteiger partial charge on any atom is -0.494 e. The first kappa shape index (κ1) is 9.87. The van der Waals surface area contributed by atoms with Gasteiger partial charge in [0.2, 0.25) is 0 Å². The van der Waals surface area contributed by atoms with Crippen molar-refractivity contribution >= 4 is 33.2 Å². The smallest absolute Gasteiger partial charge is 0.150 e. The first-order valence-electron chi connectivity index (χ1n) is 4.36. The maximum Gasteiger partial charge on any atom is 0.150 e. The minimum absolute atomic E-state index is 1.02. The van der Waals surface area contributed by atoms with Crippen molar-refractivity contribution in [1.82, 2.24) is 0 Å². The van der Waals surface area contributed by atoms with Crippen LogP contribution in [0.4, 0.5) is 0 Å². The maximum absolute atomic E-state index is 5.45. The standard InChI is InChI=1S/C11H12OS2/c1-7-6-14-11-8(7)4-5-9(13-3)10(11)12-2/h4-6H,1-3H3. The molecule has 2 aromatic rings. The molecule has 1 aromatic carbocycles. The fourth-order valence-corrected chi connectivity index (χ4v) is 3.25. The van der Waals surface area contributed by atoms with Gasteiger partial charge in [-0.2, -0.15) is 0 Å². The summed E-state index contributed by atoms with van der Waals surface area (Å²) in [6.45, 7) is 2.14. The number of thiophene rings is 1. The SMILES string of the molecule is COc1c(SC)ccc2c(C)csc12. The van der Waals surface area contributed by atoms with Crippen LogP contribution in [0.3, 0.4) is 0 Å². The highest BCUT2D eigenvalue weighted by atomic mass is 32.2. The molecule has 2 rings (SSSR count). The molecule has 0 bridgehead atoms. The summed E-state index contributed by atoms with van der Waals surface area (Å²) in [5.74, 6) is 1.02. The van der Waals surface area contributed by atoms with Crippen LogP contribution in [0, 0.1) is 6.92 Å². The average Bonchev–Trinajstić information content (AvgIpc) is 2.59. The van der Waals surface area contributed by atoms with Crippen LogP contribution < -0.4 is 4.74 Å². The highest BCUT2D eigenvalue weighted by molar-refractivity contribution is 7.98. The molecular weight excluding hydrogens is 212 g/mol. The van der Waals surface area contributed by atoms with E-state index in [1.54, 1.807) is 30.2 Å². The molecule has 74 valence electrons. The summed E-state index contributed by atoms with van der Waals surface area (Å²) in [5, 5.41) is 3.49. The number of thioether (sulfide) groups is 1. The number of rotatable bonds is 2. The van der Waals surface area contributed by atoms with Crippen LogP contribution in [-0.4, -0.2) is 13.4 Å². The molecule has 14 heavy (non-hydrogen) atoms. The summed E-state index contributed by atoms with van der Waals surface area (Å²) in [6, 6.07) is 4.31. The van der Waals surface area contributed by atoms with Gasteiger partial charge in [0.15, 0.2) is 0 Å². The van der Waals surface area contributed by atoms with Crippen molar-refractivity contribution in [2.75, 3.05) is 13.4 Å². The largest absolute Gasteiger partial charge is 0.494 e. The Morgan fingerprint density at radius 1 is 1.36 bits per heavy atom. The molecule has 0 spiro atoms. The highest BCUT2D eigenvalue weighted by Crippen LogP contribution is 2.39. The van der Waals surface area contributed by atoms with Gasteiger partial charge in [-0.25, -0.2) is 0 Å². The van der Waals surface area contributed by atoms with E-state index in [4.69, 9.17) is 4.74 Å². The summed E-state index contributed by atoms with van der Waals surface area (Å²) in [5.41, 5.74) is 1.33. The normalized spacial score (nSPS) is 10.8. The van der Waals surface area contributed by atoms with Gasteiger partial charge in [-0.1, -0.05) is 6.07 Å². The van der Waals surface area contributed by atoms with Crippen LogP contribution in [0.2, 0.25) is 0 Å². The third-order valence-electron chi connectivity index (χ3n) is 2.28. The van der Waals surface area contributed by atoms with E-state index in [1.807, 2.05) is 0 Å². The first-order valence-corrected chi connectivity index (χ1v) is 6.47. The Morgan fingerprint density at radius 2 is 2.14 bits per heavy atom. The van der Waals surface area contributed by atoms with E-state index in [1.165, 1.54) is 20.5 Å². The van der Waals surface area contributed by atoms with E-state index in [0.717, 1.165) is 5.75 Å². The summed E-state index contributed by atoms with van der Waals surface area (Å²) in [4.78, 5) is 1.21. The van der Waals surface area contributed by atoms with Gasteiger partial charge >= 0.3 is 0 Å². The van der Waals surface area contributed by atoms with Gasteiger partial charge in [0.05, 0.1) is 16.7 Å². The number of hydrogen-bond acceptors (Lipinski definition) is 3. The van der Waals surface area contributed by atoms with Crippen LogP contribution in [0.1, 0.15) is 5.56 Å². The Labute approximate surface area is 92.1 Å². The van der Waals surface area contributed by atoms with Crippen molar-refractivity contribution in [3.8, 4) is 5.75 Å². The van der Waals surface area contributed by atoms with Crippen LogP contribution in [0.5, 0.6) is 5.75 Å². The molecule has 0 saturated carbocycles. The molecule has 0 aliphatic rings. The summed E-state index contributed by atoms with van der Waals surface area (Å²) >= 11 is 3.48. The number of aryl methyl sites for hydroxylation is 1. The monoisotopic (exact) mass is 224 g/mol. The molecule has 0 radical (unpaired) electrons. The van der Waals surface area contributed by atoms with Crippen LogP contribution in [0.25, 0.3) is 10.1 Å². The molecule has 0 amide bonds. The van der Waals surface area contributed by atoms with Gasteiger partial charge in [-0.05, 0) is 35.6 Å². The van der Waals surface area contributed by atoms with Crippen molar-refractivity contribution in [3.63, 3.8) is 0 Å². The van der Waals surface area contributed by atoms with Crippen molar-refractivity contribution in [2.24, 2.45) is 0 Å². The Kier molecular flexibility index (Phi) is 2.70. The van der Waals surface area contributed by atoms with E-state index >= 15 is 0 Å². The molecule has 0 N–H and O–H groups in total. The zero-order valence-corrected chi connectivity index (χ0v) is 10.1. The van der Waals surface area contributed by atoms with E-state index < -0.39 is 0 Å². The molecule has 0 aliphatic carbocycles. The average molecular weight is 224 g/mol. The zero-order valence-electron chi connectivity index (χ0n) is 8.46. The van der Waals surface area contributed by atoms with Gasteiger partial charge in [0.1, 0.15) is 5.75 Å². The lowest BCUT2D eigenvalue weighted by Gasteiger charge is -2.06. The van der Waals surface area contributed by atoms with Crippen LogP contribution in [0.15, 0.2) is 22.4 Å². The van der Waals surface area contributed by atoms with E-state index in [2.05, 4.69) is 30.7 Å². The van der Waals surface area contributed by atoms with Gasteiger partial charge < -0.3 is 4.74 Å². The lowest BCUT2D eigenvalue weighted by Crippen LogP contribution is -1.85. The summed E-state index contributed by atoms with van der Waals surface area (Å²) in [7, 11) is 1.74. The lowest BCUT2D eigenvalue weighted by molar-refractivity contribution is 0.411. The van der Waals surface area contributed by atoms with Crippen molar-refractivity contribution < 1.29 is 4.74 Å². The summed E-state index contributed by atoms with van der Waals surface area (Å²) < 4.78 is 6.71. The molecule has 1 nitrogen and oxygen atoms in total. The summed E-state index contributed by atoms with van der Waals surface area (Å²) in [6.07, 6.45) is 2.07. The Morgan fingerprint density at radius 3 is 2.79 bits per heavy atom. The number of benzene rings is 1. The maximum atomic E-state index is 5.45. The van der Waals surface area contributed by atoms with Crippen LogP contribution >= 0.6 is 23.1 Å². The molecule has 3 heteroatoms. The molecule has 0 unspecified atom stereocenters. The topological polar surface area (TPSA) is 9.23 Å². The number of ether oxygens (including phenoxy) is 1. The third-order valence-corrected chi connectivity index (χ3v) is 4.15. The van der Waals surface area contributed by atoms with Gasteiger partial charge in [-0.15, -0.1) is 23.1 Å².